The lowest BCUT2D eigenvalue weighted by Gasteiger charge is -2.10. The van der Waals surface area contributed by atoms with Crippen LogP contribution in [0.3, 0.4) is 0 Å². The largest absolute Gasteiger partial charge is 0.412 e. The van der Waals surface area contributed by atoms with Gasteiger partial charge in [0.05, 0.1) is 11.2 Å². The van der Waals surface area contributed by atoms with Gasteiger partial charge in [-0.2, -0.15) is 5.10 Å². The number of hydrogen-bond acceptors (Lipinski definition) is 5. The smallest absolute Gasteiger partial charge is 0.410 e. The van der Waals surface area contributed by atoms with Gasteiger partial charge >= 0.3 is 6.09 Å². The topological polar surface area (TPSA) is 81.9 Å². The van der Waals surface area contributed by atoms with Gasteiger partial charge in [0.15, 0.2) is 0 Å². The fraction of sp³-hybridized carbons (Fsp3) is 0.217. The van der Waals surface area contributed by atoms with Crippen molar-refractivity contribution in [3.63, 3.8) is 0 Å². The minimum Gasteiger partial charge on any atom is -0.410 e. The normalized spacial score (nSPS) is 12.7. The molecule has 0 unspecified atom stereocenters. The van der Waals surface area contributed by atoms with Gasteiger partial charge in [-0.05, 0) is 55.7 Å². The highest BCUT2D eigenvalue weighted by Gasteiger charge is 2.25. The van der Waals surface area contributed by atoms with Crippen molar-refractivity contribution in [3.8, 4) is 28.3 Å². The summed E-state index contributed by atoms with van der Waals surface area (Å²) < 4.78 is 7.44. The Balaban J connectivity index is 1.64. The average Bonchev–Trinajstić information content (AvgIpc) is 3.35. The maximum Gasteiger partial charge on any atom is 0.412 e. The molecule has 0 bridgehead atoms. The average molecular weight is 399 g/mol. The summed E-state index contributed by atoms with van der Waals surface area (Å²) in [6.07, 6.45) is 5.18. The number of hydrogen-bond donors (Lipinski definition) is 1. The molecule has 4 heterocycles. The Morgan fingerprint density at radius 3 is 2.93 bits per heavy atom. The van der Waals surface area contributed by atoms with Crippen molar-refractivity contribution in [1.29, 1.82) is 0 Å². The zero-order valence-electron chi connectivity index (χ0n) is 16.6. The summed E-state index contributed by atoms with van der Waals surface area (Å²) in [5.74, 6) is 0.461. The molecule has 0 radical (unpaired) electrons. The number of pyridine rings is 2. The minimum atomic E-state index is -0.472. The second-order valence-electron chi connectivity index (χ2n) is 7.17. The van der Waals surface area contributed by atoms with Crippen molar-refractivity contribution < 1.29 is 9.53 Å². The summed E-state index contributed by atoms with van der Waals surface area (Å²) in [6, 6.07) is 13.4. The molecule has 0 spiro atoms. The molecule has 0 fully saturated rings. The molecule has 7 nitrogen and oxygen atoms in total. The summed E-state index contributed by atoms with van der Waals surface area (Å²) in [4.78, 5) is 20.8. The standard InChI is InChI=1S/C23H21N5O2/c1-2-24-23(29)30-15-8-9-16-17(10-12-26-19(16)14-15)21-20-7-5-13-28(20)27-22(21)18-6-3-4-11-25-18/h3-4,6,8-12,14H,2,5,7,13H2,1H3,(H,24,29). The maximum atomic E-state index is 11.8. The predicted octanol–water partition coefficient (Wildman–Crippen LogP) is 4.21. The number of benzene rings is 1. The van der Waals surface area contributed by atoms with Crippen LogP contribution in [0.4, 0.5) is 4.79 Å². The van der Waals surface area contributed by atoms with Crippen molar-refractivity contribution >= 4 is 17.0 Å². The van der Waals surface area contributed by atoms with Crippen LogP contribution in [0.25, 0.3) is 33.4 Å². The molecule has 0 aliphatic carbocycles. The van der Waals surface area contributed by atoms with E-state index >= 15 is 0 Å². The van der Waals surface area contributed by atoms with Crippen LogP contribution in [0.5, 0.6) is 5.75 Å². The third kappa shape index (κ3) is 3.18. The van der Waals surface area contributed by atoms with E-state index in [0.29, 0.717) is 12.3 Å². The van der Waals surface area contributed by atoms with Crippen LogP contribution in [0.2, 0.25) is 0 Å². The number of carbonyl (C=O) groups is 1. The monoisotopic (exact) mass is 399 g/mol. The van der Waals surface area contributed by atoms with E-state index in [4.69, 9.17) is 9.84 Å². The lowest BCUT2D eigenvalue weighted by atomic mass is 9.96. The van der Waals surface area contributed by atoms with Gasteiger partial charge < -0.3 is 10.1 Å². The molecule has 30 heavy (non-hydrogen) atoms. The van der Waals surface area contributed by atoms with E-state index in [0.717, 1.165) is 52.8 Å². The lowest BCUT2D eigenvalue weighted by molar-refractivity contribution is 0.201. The molecule has 1 aromatic carbocycles. The molecule has 4 aromatic rings. The summed E-state index contributed by atoms with van der Waals surface area (Å²) in [6.45, 7) is 3.28. The summed E-state index contributed by atoms with van der Waals surface area (Å²) in [5.41, 5.74) is 5.91. The molecule has 0 atom stereocenters. The number of nitrogens with zero attached hydrogens (tertiary/aromatic N) is 4. The predicted molar refractivity (Wildman–Crippen MR) is 114 cm³/mol. The fourth-order valence-corrected chi connectivity index (χ4v) is 3.99. The van der Waals surface area contributed by atoms with Gasteiger partial charge in [0.2, 0.25) is 0 Å². The highest BCUT2D eigenvalue weighted by Crippen LogP contribution is 2.40. The Hall–Kier alpha value is -3.74. The second-order valence-corrected chi connectivity index (χ2v) is 7.17. The van der Waals surface area contributed by atoms with Gasteiger partial charge in [0.25, 0.3) is 0 Å². The van der Waals surface area contributed by atoms with E-state index in [1.165, 1.54) is 5.69 Å². The molecule has 1 aliphatic heterocycles. The van der Waals surface area contributed by atoms with Gasteiger partial charge in [-0.25, -0.2) is 4.79 Å². The van der Waals surface area contributed by atoms with E-state index in [1.807, 2.05) is 37.3 Å². The molecule has 1 amide bonds. The van der Waals surface area contributed by atoms with Crippen LogP contribution in [0.1, 0.15) is 19.0 Å². The van der Waals surface area contributed by atoms with E-state index in [2.05, 4.69) is 20.0 Å². The zero-order valence-corrected chi connectivity index (χ0v) is 16.6. The van der Waals surface area contributed by atoms with Crippen LogP contribution in [-0.4, -0.2) is 32.4 Å². The number of nitrogens with one attached hydrogen (secondary N) is 1. The Morgan fingerprint density at radius 2 is 2.10 bits per heavy atom. The van der Waals surface area contributed by atoms with Crippen LogP contribution < -0.4 is 10.1 Å². The summed E-state index contributed by atoms with van der Waals surface area (Å²) >= 11 is 0. The number of aryl methyl sites for hydroxylation is 1. The molecular weight excluding hydrogens is 378 g/mol. The van der Waals surface area contributed by atoms with Crippen molar-refractivity contribution in [2.24, 2.45) is 0 Å². The van der Waals surface area contributed by atoms with Gasteiger partial charge in [-0.1, -0.05) is 6.07 Å². The van der Waals surface area contributed by atoms with E-state index < -0.39 is 6.09 Å². The maximum absolute atomic E-state index is 11.8. The molecule has 3 aromatic heterocycles. The number of rotatable bonds is 4. The fourth-order valence-electron chi connectivity index (χ4n) is 3.99. The molecule has 0 saturated heterocycles. The highest BCUT2D eigenvalue weighted by atomic mass is 16.6. The first kappa shape index (κ1) is 18.3. The van der Waals surface area contributed by atoms with Gasteiger partial charge in [-0.15, -0.1) is 0 Å². The lowest BCUT2D eigenvalue weighted by Crippen LogP contribution is -2.26. The number of fused-ring (bicyclic) bond motifs is 2. The molecule has 1 aliphatic rings. The first-order chi connectivity index (χ1) is 14.7. The SMILES string of the molecule is CCNC(=O)Oc1ccc2c(-c3c(-c4ccccn4)nn4c3CCC4)ccnc2c1. The quantitative estimate of drug-likeness (QED) is 0.556. The third-order valence-corrected chi connectivity index (χ3v) is 5.26. The summed E-state index contributed by atoms with van der Waals surface area (Å²) in [7, 11) is 0. The molecule has 7 heteroatoms. The van der Waals surface area contributed by atoms with Crippen molar-refractivity contribution in [3.05, 3.63) is 60.6 Å². The molecule has 150 valence electrons. The van der Waals surface area contributed by atoms with Crippen molar-refractivity contribution in [1.82, 2.24) is 25.1 Å². The Labute approximate surface area is 173 Å². The van der Waals surface area contributed by atoms with Gasteiger partial charge in [0, 0.05) is 48.2 Å². The first-order valence-electron chi connectivity index (χ1n) is 10.1. The van der Waals surface area contributed by atoms with E-state index in [-0.39, 0.29) is 0 Å². The number of carbonyl (C=O) groups excluding carboxylic acids is 1. The highest BCUT2D eigenvalue weighted by molar-refractivity contribution is 5.99. The molecular formula is C23H21N5O2. The number of aromatic nitrogens is 4. The summed E-state index contributed by atoms with van der Waals surface area (Å²) in [5, 5.41) is 8.49. The first-order valence-corrected chi connectivity index (χ1v) is 10.1. The van der Waals surface area contributed by atoms with Crippen LogP contribution in [-0.2, 0) is 13.0 Å². The Morgan fingerprint density at radius 1 is 1.17 bits per heavy atom. The minimum absolute atomic E-state index is 0.461. The third-order valence-electron chi connectivity index (χ3n) is 5.26. The van der Waals surface area contributed by atoms with E-state index in [1.54, 1.807) is 24.5 Å². The van der Waals surface area contributed by atoms with Crippen LogP contribution >= 0.6 is 0 Å². The van der Waals surface area contributed by atoms with Crippen LogP contribution in [0, 0.1) is 0 Å². The second kappa shape index (κ2) is 7.59. The van der Waals surface area contributed by atoms with E-state index in [9.17, 15) is 4.79 Å². The van der Waals surface area contributed by atoms with Crippen LogP contribution in [0.15, 0.2) is 54.9 Å². The zero-order chi connectivity index (χ0) is 20.5. The van der Waals surface area contributed by atoms with Crippen molar-refractivity contribution in [2.45, 2.75) is 26.3 Å². The van der Waals surface area contributed by atoms with Gasteiger partial charge in [0.1, 0.15) is 11.4 Å². The Kier molecular flexibility index (Phi) is 4.63. The van der Waals surface area contributed by atoms with Gasteiger partial charge in [-0.3, -0.25) is 14.6 Å². The Bertz CT molecular complexity index is 1230. The molecule has 5 rings (SSSR count). The number of amides is 1. The molecule has 0 saturated carbocycles. The molecule has 1 N–H and O–H groups in total. The van der Waals surface area contributed by atoms with Crippen molar-refractivity contribution in [2.75, 3.05) is 6.54 Å². The number of ether oxygens (including phenoxy) is 1.